The second-order valence-corrected chi connectivity index (χ2v) is 13.9. The second kappa shape index (κ2) is 16.2. The van der Waals surface area contributed by atoms with Crippen molar-refractivity contribution in [3.8, 4) is 0 Å². The van der Waals surface area contributed by atoms with Crippen LogP contribution < -0.4 is 15.4 Å². The number of anilines is 1. The lowest BCUT2D eigenvalue weighted by Gasteiger charge is -2.29. The van der Waals surface area contributed by atoms with Gasteiger partial charge >= 0.3 is 5.97 Å². The van der Waals surface area contributed by atoms with Crippen LogP contribution in [-0.4, -0.2) is 79.7 Å². The molecular weight excluding hydrogens is 642 g/mol. The smallest absolute Gasteiger partial charge is 0.323 e. The summed E-state index contributed by atoms with van der Waals surface area (Å²) in [7, 11) is -4.17. The number of aromatic nitrogens is 1. The first-order valence-corrected chi connectivity index (χ1v) is 17.2. The van der Waals surface area contributed by atoms with E-state index in [4.69, 9.17) is 16.3 Å². The van der Waals surface area contributed by atoms with Crippen molar-refractivity contribution in [2.24, 2.45) is 0 Å². The Kier molecular flexibility index (Phi) is 12.4. The molecule has 0 saturated carbocycles. The number of nitrogens with zero attached hydrogens (tertiary/aromatic N) is 2. The molecule has 1 saturated heterocycles. The van der Waals surface area contributed by atoms with Crippen molar-refractivity contribution in [2.45, 2.75) is 63.1 Å². The number of ether oxygens (including phenoxy) is 1. The van der Waals surface area contributed by atoms with Gasteiger partial charge in [-0.05, 0) is 81.0 Å². The number of carbonyl (C=O) groups excluding carboxylic acids is 1. The summed E-state index contributed by atoms with van der Waals surface area (Å²) in [5.74, 6) is -1.22. The van der Waals surface area contributed by atoms with Crippen molar-refractivity contribution in [1.82, 2.24) is 19.9 Å². The summed E-state index contributed by atoms with van der Waals surface area (Å²) in [5.41, 5.74) is 3.99. The first-order chi connectivity index (χ1) is 22.3. The summed E-state index contributed by atoms with van der Waals surface area (Å²) in [4.78, 5) is 31.2. The van der Waals surface area contributed by atoms with E-state index in [0.29, 0.717) is 35.7 Å². The first kappa shape index (κ1) is 35.9. The van der Waals surface area contributed by atoms with Gasteiger partial charge in [0.1, 0.15) is 18.5 Å². The van der Waals surface area contributed by atoms with E-state index in [2.05, 4.69) is 31.8 Å². The number of sulfonamides is 1. The van der Waals surface area contributed by atoms with Crippen LogP contribution in [0.4, 0.5) is 5.82 Å². The lowest BCUT2D eigenvalue weighted by atomic mass is 10.1. The average Bonchev–Trinajstić information content (AvgIpc) is 3.43. The predicted molar refractivity (Wildman–Crippen MR) is 182 cm³/mol. The van der Waals surface area contributed by atoms with Gasteiger partial charge in [-0.15, -0.1) is 0 Å². The number of hydrogen-bond donors (Lipinski definition) is 4. The van der Waals surface area contributed by atoms with Crippen LogP contribution in [0.3, 0.4) is 0 Å². The van der Waals surface area contributed by atoms with Crippen molar-refractivity contribution >= 4 is 39.3 Å². The van der Waals surface area contributed by atoms with Crippen LogP contribution in [0.5, 0.6) is 0 Å². The highest BCUT2D eigenvalue weighted by Gasteiger charge is 2.34. The van der Waals surface area contributed by atoms with E-state index in [9.17, 15) is 23.1 Å². The summed E-state index contributed by atoms with van der Waals surface area (Å²) in [6, 6.07) is 15.3. The molecule has 13 heteroatoms. The molecule has 1 fully saturated rings. The van der Waals surface area contributed by atoms with Gasteiger partial charge in [-0.3, -0.25) is 9.59 Å². The Morgan fingerprint density at radius 1 is 1.13 bits per heavy atom. The molecule has 3 aromatic rings. The third kappa shape index (κ3) is 10.3. The fourth-order valence-corrected chi connectivity index (χ4v) is 7.59. The third-order valence-electron chi connectivity index (χ3n) is 8.00. The van der Waals surface area contributed by atoms with E-state index in [1.54, 1.807) is 32.2 Å². The number of benzene rings is 2. The van der Waals surface area contributed by atoms with Gasteiger partial charge in [0.25, 0.3) is 0 Å². The van der Waals surface area contributed by atoms with E-state index in [0.717, 1.165) is 35.5 Å². The molecule has 1 aliphatic heterocycles. The molecule has 2 heterocycles. The van der Waals surface area contributed by atoms with Crippen molar-refractivity contribution in [3.63, 3.8) is 0 Å². The summed E-state index contributed by atoms with van der Waals surface area (Å²) < 4.78 is 34.4. The zero-order chi connectivity index (χ0) is 34.1. The number of rotatable bonds is 16. The van der Waals surface area contributed by atoms with Crippen molar-refractivity contribution in [3.05, 3.63) is 100 Å². The quantitative estimate of drug-likeness (QED) is 0.174. The molecule has 252 valence electrons. The van der Waals surface area contributed by atoms with Crippen molar-refractivity contribution in [1.29, 1.82) is 0 Å². The number of carboxylic acid groups (broad SMARTS) is 1. The number of hydrogen-bond acceptors (Lipinski definition) is 8. The molecule has 4 rings (SSSR count). The second-order valence-electron chi connectivity index (χ2n) is 11.8. The number of likely N-dealkylation sites (tertiary alicyclic amines) is 1. The minimum Gasteiger partial charge on any atom is -0.480 e. The number of allylic oxidation sites excluding steroid dienone is 1. The Morgan fingerprint density at radius 3 is 2.47 bits per heavy atom. The van der Waals surface area contributed by atoms with Gasteiger partial charge in [0.15, 0.2) is 0 Å². The highest BCUT2D eigenvalue weighted by atomic mass is 35.5. The fraction of sp³-hybridized carbons (Fsp3) is 0.382. The Morgan fingerprint density at radius 2 is 1.83 bits per heavy atom. The van der Waals surface area contributed by atoms with Crippen LogP contribution in [0.1, 0.15) is 35.1 Å². The Labute approximate surface area is 281 Å². The molecular formula is C34H42ClN5O6S. The molecule has 0 bridgehead atoms. The fourth-order valence-electron chi connectivity index (χ4n) is 5.83. The van der Waals surface area contributed by atoms with E-state index in [1.165, 1.54) is 0 Å². The number of aliphatic carboxylic acids is 1. The van der Waals surface area contributed by atoms with Crippen LogP contribution in [0.15, 0.2) is 78.0 Å². The largest absolute Gasteiger partial charge is 0.480 e. The zero-order valence-electron chi connectivity index (χ0n) is 26.8. The number of aryl methyl sites for hydroxylation is 4. The van der Waals surface area contributed by atoms with E-state index >= 15 is 0 Å². The van der Waals surface area contributed by atoms with Gasteiger partial charge in [0, 0.05) is 42.6 Å². The minimum absolute atomic E-state index is 0.0247. The van der Waals surface area contributed by atoms with E-state index < -0.39 is 34.5 Å². The standard InChI is InChI=1S/C34H42ClN5O6S/c1-22-15-23(2)33(24(3)16-22)47(44,45)39-30(34(42)43)19-38-32(41)21-46-29-17-28(18-37-31-7-5-6-14-36-31)40(20-29)25(4)8-9-26-10-12-27(35)13-11-26/h5-7,10-16,28-30,39H,4,8-9,17-21H2,1-3H3,(H,36,37)(H,38,41)(H,42,43)/t28-,29+,30?/m0/s1. The van der Waals surface area contributed by atoms with Gasteiger partial charge in [-0.25, -0.2) is 13.4 Å². The van der Waals surface area contributed by atoms with E-state index in [-0.39, 0.29) is 23.6 Å². The summed E-state index contributed by atoms with van der Waals surface area (Å²) in [6.07, 6.45) is 3.57. The molecule has 3 atom stereocenters. The number of carboxylic acids is 1. The summed E-state index contributed by atoms with van der Waals surface area (Å²) in [6.45, 7) is 9.85. The molecule has 1 aromatic heterocycles. The lowest BCUT2D eigenvalue weighted by molar-refractivity contribution is -0.139. The average molecular weight is 684 g/mol. The number of pyridine rings is 1. The molecule has 0 spiro atoms. The van der Waals surface area contributed by atoms with Crippen LogP contribution in [0.2, 0.25) is 5.02 Å². The number of carbonyl (C=O) groups is 2. The normalized spacial score (nSPS) is 16.9. The summed E-state index contributed by atoms with van der Waals surface area (Å²) >= 11 is 6.03. The SMILES string of the molecule is C=C(CCc1ccc(Cl)cc1)N1C[C@H](OCC(=O)NCC(NS(=O)(=O)c2c(C)cc(C)cc2C)C(=O)O)C[C@H]1CNc1ccccn1. The Balaban J connectivity index is 1.33. The monoisotopic (exact) mass is 683 g/mol. The van der Waals surface area contributed by atoms with Crippen LogP contribution in [0, 0.1) is 20.8 Å². The third-order valence-corrected chi connectivity index (χ3v) is 10.0. The van der Waals surface area contributed by atoms with Crippen LogP contribution in [0.25, 0.3) is 0 Å². The maximum atomic E-state index is 13.1. The Hall–Kier alpha value is -3.97. The lowest BCUT2D eigenvalue weighted by Crippen LogP contribution is -2.49. The minimum atomic E-state index is -4.17. The van der Waals surface area contributed by atoms with Gasteiger partial charge < -0.3 is 25.4 Å². The number of halogens is 1. The molecule has 2 aromatic carbocycles. The first-order valence-electron chi connectivity index (χ1n) is 15.4. The number of amides is 1. The molecule has 0 aliphatic carbocycles. The molecule has 1 aliphatic rings. The van der Waals surface area contributed by atoms with E-state index in [1.807, 2.05) is 49.4 Å². The molecule has 1 amide bonds. The van der Waals surface area contributed by atoms with Crippen LogP contribution in [-0.2, 0) is 30.8 Å². The number of nitrogens with one attached hydrogen (secondary N) is 3. The summed E-state index contributed by atoms with van der Waals surface area (Å²) in [5, 5.41) is 16.3. The maximum Gasteiger partial charge on any atom is 0.323 e. The maximum absolute atomic E-state index is 13.1. The van der Waals surface area contributed by atoms with Crippen molar-refractivity contribution in [2.75, 3.05) is 31.6 Å². The van der Waals surface area contributed by atoms with Crippen LogP contribution >= 0.6 is 11.6 Å². The molecule has 4 N–H and O–H groups in total. The van der Waals surface area contributed by atoms with Gasteiger partial charge in [0.05, 0.1) is 11.0 Å². The predicted octanol–water partition coefficient (Wildman–Crippen LogP) is 4.23. The molecule has 47 heavy (non-hydrogen) atoms. The molecule has 1 unspecified atom stereocenters. The zero-order valence-corrected chi connectivity index (χ0v) is 28.4. The Bertz CT molecular complexity index is 1650. The highest BCUT2D eigenvalue weighted by molar-refractivity contribution is 7.89. The highest BCUT2D eigenvalue weighted by Crippen LogP contribution is 2.27. The van der Waals surface area contributed by atoms with Gasteiger partial charge in [0.2, 0.25) is 15.9 Å². The molecule has 0 radical (unpaired) electrons. The van der Waals surface area contributed by atoms with Gasteiger partial charge in [-0.2, -0.15) is 4.72 Å². The molecule has 11 nitrogen and oxygen atoms in total. The van der Waals surface area contributed by atoms with Crippen molar-refractivity contribution < 1.29 is 27.9 Å². The topological polar surface area (TPSA) is 150 Å². The van der Waals surface area contributed by atoms with Gasteiger partial charge in [-0.1, -0.05) is 54.1 Å².